The summed E-state index contributed by atoms with van der Waals surface area (Å²) in [6.07, 6.45) is 5.11. The van der Waals surface area contributed by atoms with Gasteiger partial charge in [-0.3, -0.25) is 4.79 Å². The zero-order chi connectivity index (χ0) is 16.9. The van der Waals surface area contributed by atoms with Crippen molar-refractivity contribution in [2.24, 2.45) is 11.7 Å². The van der Waals surface area contributed by atoms with Crippen LogP contribution in [0.1, 0.15) is 31.7 Å². The molecule has 1 aromatic carbocycles. The maximum atomic E-state index is 12.2. The van der Waals surface area contributed by atoms with Gasteiger partial charge in [0.1, 0.15) is 5.75 Å². The van der Waals surface area contributed by atoms with Crippen molar-refractivity contribution in [1.82, 2.24) is 4.98 Å². The van der Waals surface area contributed by atoms with E-state index in [2.05, 4.69) is 23.3 Å². The smallest absolute Gasteiger partial charge is 0.227 e. The molecule has 2 atom stereocenters. The standard InChI is InChI=1S/C19H23N3O2/c1-2-13-4-3-5-17(10-13)24-18-9-8-16(12-21-18)22-19(23)14-6-7-15(20)11-14/h3-5,8-10,12,14-15H,2,6-7,11,20H2,1H3,(H,22,23). The summed E-state index contributed by atoms with van der Waals surface area (Å²) in [5.41, 5.74) is 7.75. The average molecular weight is 325 g/mol. The largest absolute Gasteiger partial charge is 0.439 e. The van der Waals surface area contributed by atoms with E-state index in [0.717, 1.165) is 31.4 Å². The van der Waals surface area contributed by atoms with Crippen LogP contribution < -0.4 is 15.8 Å². The van der Waals surface area contributed by atoms with Crippen molar-refractivity contribution in [2.45, 2.75) is 38.6 Å². The summed E-state index contributed by atoms with van der Waals surface area (Å²) >= 11 is 0. The molecule has 126 valence electrons. The Morgan fingerprint density at radius 2 is 2.21 bits per heavy atom. The molecule has 1 aliphatic carbocycles. The molecular weight excluding hydrogens is 302 g/mol. The highest BCUT2D eigenvalue weighted by Crippen LogP contribution is 2.26. The third-order valence-corrected chi connectivity index (χ3v) is 4.38. The molecule has 5 heteroatoms. The van der Waals surface area contributed by atoms with Gasteiger partial charge < -0.3 is 15.8 Å². The van der Waals surface area contributed by atoms with E-state index in [1.54, 1.807) is 18.3 Å². The van der Waals surface area contributed by atoms with Gasteiger partial charge in [0.15, 0.2) is 0 Å². The molecule has 0 spiro atoms. The molecule has 24 heavy (non-hydrogen) atoms. The van der Waals surface area contributed by atoms with E-state index in [0.29, 0.717) is 11.6 Å². The normalized spacial score (nSPS) is 19.9. The number of nitrogens with two attached hydrogens (primary N) is 1. The average Bonchev–Trinajstić information content (AvgIpc) is 3.03. The van der Waals surface area contributed by atoms with Crippen LogP contribution in [0, 0.1) is 5.92 Å². The topological polar surface area (TPSA) is 77.2 Å². The fourth-order valence-corrected chi connectivity index (χ4v) is 2.96. The van der Waals surface area contributed by atoms with Crippen LogP contribution in [0.15, 0.2) is 42.6 Å². The van der Waals surface area contributed by atoms with Crippen molar-refractivity contribution < 1.29 is 9.53 Å². The fourth-order valence-electron chi connectivity index (χ4n) is 2.96. The van der Waals surface area contributed by atoms with E-state index in [9.17, 15) is 4.79 Å². The highest BCUT2D eigenvalue weighted by atomic mass is 16.5. The molecule has 3 N–H and O–H groups in total. The molecule has 0 bridgehead atoms. The van der Waals surface area contributed by atoms with E-state index in [1.165, 1.54) is 5.56 Å². The van der Waals surface area contributed by atoms with Crippen molar-refractivity contribution in [2.75, 3.05) is 5.32 Å². The molecule has 2 aromatic rings. The summed E-state index contributed by atoms with van der Waals surface area (Å²) < 4.78 is 5.75. The number of hydrogen-bond donors (Lipinski definition) is 2. The van der Waals surface area contributed by atoms with Gasteiger partial charge in [-0.15, -0.1) is 0 Å². The zero-order valence-corrected chi connectivity index (χ0v) is 13.9. The van der Waals surface area contributed by atoms with E-state index < -0.39 is 0 Å². The number of ether oxygens (including phenoxy) is 1. The molecule has 5 nitrogen and oxygen atoms in total. The van der Waals surface area contributed by atoms with Crippen LogP contribution in [0.5, 0.6) is 11.6 Å². The van der Waals surface area contributed by atoms with Gasteiger partial charge >= 0.3 is 0 Å². The maximum Gasteiger partial charge on any atom is 0.227 e. The van der Waals surface area contributed by atoms with Crippen molar-refractivity contribution in [3.05, 3.63) is 48.2 Å². The molecule has 1 amide bonds. The van der Waals surface area contributed by atoms with Gasteiger partial charge in [-0.1, -0.05) is 19.1 Å². The number of nitrogens with one attached hydrogen (secondary N) is 1. The Morgan fingerprint density at radius 1 is 1.33 bits per heavy atom. The Morgan fingerprint density at radius 3 is 2.88 bits per heavy atom. The summed E-state index contributed by atoms with van der Waals surface area (Å²) in [6, 6.07) is 11.6. The first-order valence-electron chi connectivity index (χ1n) is 8.43. The minimum absolute atomic E-state index is 0.00714. The minimum Gasteiger partial charge on any atom is -0.439 e. The first-order chi connectivity index (χ1) is 11.6. The lowest BCUT2D eigenvalue weighted by atomic mass is 10.1. The molecule has 0 radical (unpaired) electrons. The van der Waals surface area contributed by atoms with Gasteiger partial charge in [0.25, 0.3) is 0 Å². The summed E-state index contributed by atoms with van der Waals surface area (Å²) in [6.45, 7) is 2.10. The molecule has 2 unspecified atom stereocenters. The molecule has 0 saturated heterocycles. The monoisotopic (exact) mass is 325 g/mol. The Labute approximate surface area is 142 Å². The molecule has 0 aliphatic heterocycles. The molecule has 3 rings (SSSR count). The molecule has 1 fully saturated rings. The Bertz CT molecular complexity index is 700. The van der Waals surface area contributed by atoms with E-state index in [-0.39, 0.29) is 17.9 Å². The van der Waals surface area contributed by atoms with Crippen molar-refractivity contribution in [3.63, 3.8) is 0 Å². The van der Waals surface area contributed by atoms with Crippen LogP contribution >= 0.6 is 0 Å². The second kappa shape index (κ2) is 7.45. The third-order valence-electron chi connectivity index (χ3n) is 4.38. The SMILES string of the molecule is CCc1cccc(Oc2ccc(NC(=O)C3CCC(N)C3)cn2)c1. The van der Waals surface area contributed by atoms with Crippen LogP contribution in [0.25, 0.3) is 0 Å². The molecular formula is C19H23N3O2. The molecule has 1 heterocycles. The fraction of sp³-hybridized carbons (Fsp3) is 0.368. The lowest BCUT2D eigenvalue weighted by Crippen LogP contribution is -2.23. The quantitative estimate of drug-likeness (QED) is 0.882. The highest BCUT2D eigenvalue weighted by molar-refractivity contribution is 5.92. The second-order valence-electron chi connectivity index (χ2n) is 6.25. The summed E-state index contributed by atoms with van der Waals surface area (Å²) in [5, 5.41) is 2.90. The number of aromatic nitrogens is 1. The van der Waals surface area contributed by atoms with E-state index >= 15 is 0 Å². The number of benzene rings is 1. The number of hydrogen-bond acceptors (Lipinski definition) is 4. The lowest BCUT2D eigenvalue weighted by Gasteiger charge is -2.11. The molecule has 1 saturated carbocycles. The first-order valence-corrected chi connectivity index (χ1v) is 8.43. The highest BCUT2D eigenvalue weighted by Gasteiger charge is 2.27. The Kier molecular flexibility index (Phi) is 5.11. The van der Waals surface area contributed by atoms with E-state index in [1.807, 2.05) is 18.2 Å². The predicted molar refractivity (Wildman–Crippen MR) is 94.1 cm³/mol. The van der Waals surface area contributed by atoms with Gasteiger partial charge in [0, 0.05) is 18.0 Å². The van der Waals surface area contributed by atoms with Crippen LogP contribution in [0.3, 0.4) is 0 Å². The van der Waals surface area contributed by atoms with Crippen molar-refractivity contribution in [3.8, 4) is 11.6 Å². The number of pyridine rings is 1. The summed E-state index contributed by atoms with van der Waals surface area (Å²) in [5.74, 6) is 1.30. The summed E-state index contributed by atoms with van der Waals surface area (Å²) in [7, 11) is 0. The van der Waals surface area contributed by atoms with Crippen molar-refractivity contribution >= 4 is 11.6 Å². The number of aryl methyl sites for hydroxylation is 1. The molecule has 1 aromatic heterocycles. The number of anilines is 1. The van der Waals surface area contributed by atoms with Crippen LogP contribution in [0.2, 0.25) is 0 Å². The summed E-state index contributed by atoms with van der Waals surface area (Å²) in [4.78, 5) is 16.4. The van der Waals surface area contributed by atoms with Gasteiger partial charge in [0.2, 0.25) is 11.8 Å². The van der Waals surface area contributed by atoms with E-state index in [4.69, 9.17) is 10.5 Å². The number of carbonyl (C=O) groups is 1. The zero-order valence-electron chi connectivity index (χ0n) is 13.9. The van der Waals surface area contributed by atoms with Gasteiger partial charge in [-0.2, -0.15) is 0 Å². The first kappa shape index (κ1) is 16.5. The third kappa shape index (κ3) is 4.11. The van der Waals surface area contributed by atoms with Gasteiger partial charge in [-0.05, 0) is 49.4 Å². The second-order valence-corrected chi connectivity index (χ2v) is 6.25. The van der Waals surface area contributed by atoms with Gasteiger partial charge in [-0.25, -0.2) is 4.98 Å². The number of rotatable bonds is 5. The predicted octanol–water partition coefficient (Wildman–Crippen LogP) is 3.50. The van der Waals surface area contributed by atoms with Gasteiger partial charge in [0.05, 0.1) is 11.9 Å². The van der Waals surface area contributed by atoms with Crippen LogP contribution in [0.4, 0.5) is 5.69 Å². The Hall–Kier alpha value is -2.40. The maximum absolute atomic E-state index is 12.2. The molecule has 1 aliphatic rings. The lowest BCUT2D eigenvalue weighted by molar-refractivity contribution is -0.119. The van der Waals surface area contributed by atoms with Crippen molar-refractivity contribution in [1.29, 1.82) is 0 Å². The number of amides is 1. The minimum atomic E-state index is 0.00714. The van der Waals surface area contributed by atoms with Crippen LogP contribution in [-0.2, 0) is 11.2 Å². The Balaban J connectivity index is 1.59. The van der Waals surface area contributed by atoms with Crippen LogP contribution in [-0.4, -0.2) is 16.9 Å². The number of nitrogens with zero attached hydrogens (tertiary/aromatic N) is 1. The number of carbonyl (C=O) groups excluding carboxylic acids is 1.